The van der Waals surface area contributed by atoms with Crippen LogP contribution in [0.15, 0.2) is 200 Å². The highest BCUT2D eigenvalue weighted by Crippen LogP contribution is 2.44. The van der Waals surface area contributed by atoms with Crippen LogP contribution in [0.1, 0.15) is 16.7 Å². The Bertz CT molecular complexity index is 4210. The lowest BCUT2D eigenvalue weighted by Gasteiger charge is -2.34. The number of aryl methyl sites for hydroxylation is 3. The Morgan fingerprint density at radius 1 is 0.368 bits per heavy atom. The zero-order valence-corrected chi connectivity index (χ0v) is 37.9. The molecule has 0 unspecified atom stereocenters. The Labute approximate surface area is 393 Å². The molecule has 15 rings (SSSR count). The van der Waals surface area contributed by atoms with E-state index in [0.717, 1.165) is 39.7 Å². The standard InChI is InChI=1S/C63H42BN3O/c1-37-29-38(2)61(39(3)30-37)41-25-28-59-51(31-41)64-52-36-44(66-55-23-13-9-19-47(55)48-20-10-14-24-56(48)66)35-50-49-34-43(65-53-21-11-7-17-45(53)46-18-8-12-22-54(46)65)26-27-57(49)67(63(50)52)58-32-42(33-60(68-59)62(58)64)40-15-5-4-6-16-40/h4-36H,1-3H3. The molecule has 10 aromatic carbocycles. The number of ether oxygens (including phenoxy) is 1. The highest BCUT2D eigenvalue weighted by atomic mass is 16.5. The molecule has 2 aliphatic heterocycles. The van der Waals surface area contributed by atoms with E-state index in [9.17, 15) is 0 Å². The van der Waals surface area contributed by atoms with Gasteiger partial charge in [0.05, 0.1) is 27.6 Å². The highest BCUT2D eigenvalue weighted by Gasteiger charge is 2.42. The Morgan fingerprint density at radius 2 is 0.926 bits per heavy atom. The van der Waals surface area contributed by atoms with E-state index in [4.69, 9.17) is 4.74 Å². The maximum atomic E-state index is 7.20. The van der Waals surface area contributed by atoms with Crippen molar-refractivity contribution in [2.75, 3.05) is 0 Å². The minimum atomic E-state index is -0.108. The number of para-hydroxylation sites is 4. The average Bonchev–Trinajstić information content (AvgIpc) is 4.01. The van der Waals surface area contributed by atoms with Gasteiger partial charge in [0.15, 0.2) is 0 Å². The Kier molecular flexibility index (Phi) is 7.62. The maximum absolute atomic E-state index is 7.20. The Morgan fingerprint density at radius 3 is 1.56 bits per heavy atom. The van der Waals surface area contributed by atoms with E-state index in [0.29, 0.717) is 0 Å². The van der Waals surface area contributed by atoms with Crippen molar-refractivity contribution < 1.29 is 4.74 Å². The lowest BCUT2D eigenvalue weighted by Crippen LogP contribution is -2.58. The summed E-state index contributed by atoms with van der Waals surface area (Å²) in [6, 6.07) is 74.4. The number of nitrogens with zero attached hydrogens (tertiary/aromatic N) is 3. The molecule has 5 heteroatoms. The van der Waals surface area contributed by atoms with Crippen molar-refractivity contribution in [3.63, 3.8) is 0 Å². The first-order valence-electron chi connectivity index (χ1n) is 23.7. The molecule has 5 heterocycles. The summed E-state index contributed by atoms with van der Waals surface area (Å²) in [7, 11) is 0. The number of benzene rings is 10. The van der Waals surface area contributed by atoms with E-state index in [1.165, 1.54) is 110 Å². The van der Waals surface area contributed by atoms with Gasteiger partial charge in [-0.1, -0.05) is 133 Å². The zero-order valence-electron chi connectivity index (χ0n) is 37.9. The molecule has 0 saturated carbocycles. The van der Waals surface area contributed by atoms with E-state index in [1.807, 2.05) is 0 Å². The third-order valence-electron chi connectivity index (χ3n) is 15.1. The summed E-state index contributed by atoms with van der Waals surface area (Å²) in [5, 5.41) is 7.44. The molecule has 68 heavy (non-hydrogen) atoms. The molecule has 0 bridgehead atoms. The quantitative estimate of drug-likeness (QED) is 0.162. The minimum Gasteiger partial charge on any atom is -0.458 e. The van der Waals surface area contributed by atoms with Gasteiger partial charge < -0.3 is 18.4 Å². The van der Waals surface area contributed by atoms with Crippen molar-refractivity contribution in [2.24, 2.45) is 0 Å². The van der Waals surface area contributed by atoms with E-state index in [1.54, 1.807) is 0 Å². The average molecular weight is 868 g/mol. The van der Waals surface area contributed by atoms with E-state index in [-0.39, 0.29) is 6.71 Å². The molecule has 4 nitrogen and oxygen atoms in total. The van der Waals surface area contributed by atoms with Crippen LogP contribution >= 0.6 is 0 Å². The van der Waals surface area contributed by atoms with Gasteiger partial charge in [0, 0.05) is 54.9 Å². The predicted molar refractivity (Wildman–Crippen MR) is 286 cm³/mol. The third-order valence-corrected chi connectivity index (χ3v) is 15.1. The second-order valence-corrected chi connectivity index (χ2v) is 19.0. The van der Waals surface area contributed by atoms with Crippen LogP contribution < -0.4 is 21.1 Å². The summed E-state index contributed by atoms with van der Waals surface area (Å²) >= 11 is 0. The molecule has 318 valence electrons. The topological polar surface area (TPSA) is 24.0 Å². The summed E-state index contributed by atoms with van der Waals surface area (Å²) in [5.74, 6) is 1.80. The van der Waals surface area contributed by atoms with Gasteiger partial charge in [-0.05, 0) is 143 Å². The number of hydrogen-bond acceptors (Lipinski definition) is 1. The molecule has 0 radical (unpaired) electrons. The third kappa shape index (κ3) is 5.10. The van der Waals surface area contributed by atoms with Crippen molar-refractivity contribution in [1.82, 2.24) is 13.7 Å². The van der Waals surface area contributed by atoms with E-state index >= 15 is 0 Å². The van der Waals surface area contributed by atoms with Crippen LogP contribution in [-0.4, -0.2) is 20.4 Å². The first kappa shape index (κ1) is 37.7. The number of aromatic nitrogens is 3. The minimum absolute atomic E-state index is 0.108. The van der Waals surface area contributed by atoms with Crippen LogP contribution in [0.3, 0.4) is 0 Å². The van der Waals surface area contributed by atoms with Crippen molar-refractivity contribution in [3.05, 3.63) is 217 Å². The fraction of sp³-hybridized carbons (Fsp3) is 0.0476. The van der Waals surface area contributed by atoms with Gasteiger partial charge in [-0.3, -0.25) is 0 Å². The molecule has 0 aliphatic carbocycles. The summed E-state index contributed by atoms with van der Waals surface area (Å²) in [6.45, 7) is 6.57. The van der Waals surface area contributed by atoms with Crippen LogP contribution in [-0.2, 0) is 0 Å². The van der Waals surface area contributed by atoms with Gasteiger partial charge in [0.2, 0.25) is 0 Å². The van der Waals surface area contributed by atoms with Gasteiger partial charge in [0.1, 0.15) is 11.5 Å². The first-order valence-corrected chi connectivity index (χ1v) is 23.7. The second-order valence-electron chi connectivity index (χ2n) is 19.0. The van der Waals surface area contributed by atoms with Crippen LogP contribution in [0.4, 0.5) is 0 Å². The van der Waals surface area contributed by atoms with Gasteiger partial charge in [-0.2, -0.15) is 0 Å². The predicted octanol–water partition coefficient (Wildman–Crippen LogP) is 14.2. The summed E-state index contributed by atoms with van der Waals surface area (Å²) in [6.07, 6.45) is 0. The molecule has 2 aliphatic rings. The first-order chi connectivity index (χ1) is 33.5. The molecule has 13 aromatic rings. The fourth-order valence-corrected chi connectivity index (χ4v) is 12.5. The largest absolute Gasteiger partial charge is 0.458 e. The molecule has 0 spiro atoms. The molecule has 0 amide bonds. The Balaban J connectivity index is 1.10. The van der Waals surface area contributed by atoms with Crippen LogP contribution in [0.5, 0.6) is 11.5 Å². The smallest absolute Gasteiger partial charge is 0.256 e. The fourth-order valence-electron chi connectivity index (χ4n) is 12.5. The molecular formula is C63H42BN3O. The van der Waals surface area contributed by atoms with Crippen molar-refractivity contribution in [2.45, 2.75) is 20.8 Å². The van der Waals surface area contributed by atoms with E-state index in [2.05, 4.69) is 235 Å². The zero-order chi connectivity index (χ0) is 44.9. The molecule has 0 saturated heterocycles. The number of hydrogen-bond donors (Lipinski definition) is 0. The molecule has 0 atom stereocenters. The summed E-state index contributed by atoms with van der Waals surface area (Å²) in [5.41, 5.74) is 22.9. The van der Waals surface area contributed by atoms with Gasteiger partial charge in [-0.15, -0.1) is 0 Å². The van der Waals surface area contributed by atoms with E-state index < -0.39 is 0 Å². The SMILES string of the molecule is Cc1cc(C)c(-c2ccc3c(c2)B2c4c(cc(-c5ccccc5)cc4-n4c5ccc(-n6c7ccccc7c7ccccc76)cc5c5cc(-n6c7ccccc7c7ccccc76)cc2c54)O3)c(C)c1. The molecule has 0 fully saturated rings. The molecule has 0 N–H and O–H groups in total. The lowest BCUT2D eigenvalue weighted by molar-refractivity contribution is 0.487. The maximum Gasteiger partial charge on any atom is 0.256 e. The number of rotatable bonds is 4. The van der Waals surface area contributed by atoms with Gasteiger partial charge >= 0.3 is 0 Å². The van der Waals surface area contributed by atoms with Crippen molar-refractivity contribution >= 4 is 88.5 Å². The van der Waals surface area contributed by atoms with Gasteiger partial charge in [0.25, 0.3) is 6.71 Å². The van der Waals surface area contributed by atoms with Crippen LogP contribution in [0.25, 0.3) is 105 Å². The number of fused-ring (bicyclic) bond motifs is 13. The normalized spacial score (nSPS) is 12.7. The van der Waals surface area contributed by atoms with Crippen LogP contribution in [0, 0.1) is 20.8 Å². The highest BCUT2D eigenvalue weighted by molar-refractivity contribution is 6.99. The van der Waals surface area contributed by atoms with Crippen molar-refractivity contribution in [1.29, 1.82) is 0 Å². The summed E-state index contributed by atoms with van der Waals surface area (Å²) < 4.78 is 14.7. The Hall–Kier alpha value is -8.54. The monoisotopic (exact) mass is 867 g/mol. The van der Waals surface area contributed by atoms with Gasteiger partial charge in [-0.25, -0.2) is 0 Å². The van der Waals surface area contributed by atoms with Crippen molar-refractivity contribution in [3.8, 4) is 50.8 Å². The second kappa shape index (κ2) is 13.8. The molecular weight excluding hydrogens is 826 g/mol. The lowest BCUT2D eigenvalue weighted by atomic mass is 9.34. The summed E-state index contributed by atoms with van der Waals surface area (Å²) in [4.78, 5) is 0. The molecule has 3 aromatic heterocycles. The van der Waals surface area contributed by atoms with Crippen LogP contribution in [0.2, 0.25) is 0 Å².